The van der Waals surface area contributed by atoms with Crippen LogP contribution in [0.2, 0.25) is 0 Å². The summed E-state index contributed by atoms with van der Waals surface area (Å²) in [6.07, 6.45) is 1.97. The highest BCUT2D eigenvalue weighted by Gasteiger charge is 2.16. The van der Waals surface area contributed by atoms with E-state index in [-0.39, 0.29) is 11.9 Å². The van der Waals surface area contributed by atoms with Crippen LogP contribution in [0.4, 0.5) is 0 Å². The summed E-state index contributed by atoms with van der Waals surface area (Å²) < 4.78 is 16.4. The molecule has 0 saturated carbocycles. The molecule has 0 bridgehead atoms. The monoisotopic (exact) mass is 266 g/mol. The highest BCUT2D eigenvalue weighted by atomic mass is 16.5. The third-order valence-corrected chi connectivity index (χ3v) is 2.94. The van der Waals surface area contributed by atoms with E-state index in [1.165, 1.54) is 0 Å². The van der Waals surface area contributed by atoms with Crippen molar-refractivity contribution in [1.82, 2.24) is 0 Å². The van der Waals surface area contributed by atoms with Crippen molar-refractivity contribution in [2.45, 2.75) is 18.9 Å². The van der Waals surface area contributed by atoms with Crippen molar-refractivity contribution in [3.05, 3.63) is 23.8 Å². The number of amidine groups is 1. The molecule has 3 N–H and O–H groups in total. The third kappa shape index (κ3) is 3.51. The van der Waals surface area contributed by atoms with Crippen molar-refractivity contribution >= 4 is 5.84 Å². The van der Waals surface area contributed by atoms with Crippen molar-refractivity contribution < 1.29 is 19.4 Å². The number of hydrogen-bond acceptors (Lipinski definition) is 5. The standard InChI is InChI=1S/C13H18N2O4/c1-17-11-5-9(13(14)15-16)6-12(7-11)19-10-3-2-4-18-8-10/h5-7,10,16H,2-4,8H2,1H3,(H2,14,15). The molecule has 0 radical (unpaired) electrons. The summed E-state index contributed by atoms with van der Waals surface area (Å²) in [6.45, 7) is 1.36. The Labute approximate surface area is 111 Å². The lowest BCUT2D eigenvalue weighted by atomic mass is 10.1. The Kier molecular flexibility index (Phi) is 4.46. The van der Waals surface area contributed by atoms with Crippen LogP contribution >= 0.6 is 0 Å². The summed E-state index contributed by atoms with van der Waals surface area (Å²) in [5.74, 6) is 1.23. The molecule has 1 unspecified atom stereocenters. The van der Waals surface area contributed by atoms with Crippen molar-refractivity contribution in [3.8, 4) is 11.5 Å². The van der Waals surface area contributed by atoms with Crippen molar-refractivity contribution in [3.63, 3.8) is 0 Å². The molecule has 1 heterocycles. The molecule has 104 valence electrons. The molecule has 2 rings (SSSR count). The van der Waals surface area contributed by atoms with Crippen LogP contribution in [-0.4, -0.2) is 37.5 Å². The lowest BCUT2D eigenvalue weighted by Gasteiger charge is -2.23. The zero-order valence-corrected chi connectivity index (χ0v) is 10.8. The number of rotatable bonds is 4. The summed E-state index contributed by atoms with van der Waals surface area (Å²) in [5.41, 5.74) is 6.13. The van der Waals surface area contributed by atoms with Gasteiger partial charge in [-0.05, 0) is 25.0 Å². The average Bonchev–Trinajstić information content (AvgIpc) is 2.47. The number of benzene rings is 1. The molecule has 19 heavy (non-hydrogen) atoms. The molecule has 0 amide bonds. The molecule has 6 heteroatoms. The van der Waals surface area contributed by atoms with Gasteiger partial charge in [0.25, 0.3) is 0 Å². The topological polar surface area (TPSA) is 86.3 Å². The first-order valence-corrected chi connectivity index (χ1v) is 6.14. The maximum Gasteiger partial charge on any atom is 0.170 e. The second-order valence-corrected chi connectivity index (χ2v) is 4.34. The number of ether oxygens (including phenoxy) is 3. The number of oxime groups is 1. The quantitative estimate of drug-likeness (QED) is 0.372. The smallest absolute Gasteiger partial charge is 0.170 e. The minimum absolute atomic E-state index is 0.0173. The molecule has 0 aromatic heterocycles. The molecule has 1 aliphatic heterocycles. The van der Waals surface area contributed by atoms with Crippen LogP contribution in [0, 0.1) is 0 Å². The molecular weight excluding hydrogens is 248 g/mol. The number of nitrogens with two attached hydrogens (primary N) is 1. The maximum absolute atomic E-state index is 8.73. The number of nitrogens with zero attached hydrogens (tertiary/aromatic N) is 1. The summed E-state index contributed by atoms with van der Waals surface area (Å²) in [4.78, 5) is 0. The Morgan fingerprint density at radius 3 is 2.84 bits per heavy atom. The fourth-order valence-electron chi connectivity index (χ4n) is 1.96. The molecule has 6 nitrogen and oxygen atoms in total. The molecule has 0 spiro atoms. The van der Waals surface area contributed by atoms with Gasteiger partial charge in [0.05, 0.1) is 13.7 Å². The molecule has 0 aliphatic carbocycles. The van der Waals surface area contributed by atoms with Crippen LogP contribution < -0.4 is 15.2 Å². The third-order valence-electron chi connectivity index (χ3n) is 2.94. The molecule has 1 aromatic rings. The Morgan fingerprint density at radius 2 is 2.21 bits per heavy atom. The molecule has 1 aromatic carbocycles. The molecule has 1 saturated heterocycles. The first-order chi connectivity index (χ1) is 9.22. The van der Waals surface area contributed by atoms with Crippen LogP contribution in [0.5, 0.6) is 11.5 Å². The van der Waals surface area contributed by atoms with Gasteiger partial charge in [-0.15, -0.1) is 0 Å². The first kappa shape index (κ1) is 13.5. The van der Waals surface area contributed by atoms with Gasteiger partial charge in [-0.1, -0.05) is 5.16 Å². The van der Waals surface area contributed by atoms with E-state index in [9.17, 15) is 0 Å². The second-order valence-electron chi connectivity index (χ2n) is 4.34. The van der Waals surface area contributed by atoms with Crippen molar-refractivity contribution in [1.29, 1.82) is 0 Å². The Bertz CT molecular complexity index is 456. The Balaban J connectivity index is 2.18. The highest BCUT2D eigenvalue weighted by molar-refractivity contribution is 5.97. The second kappa shape index (κ2) is 6.29. The normalized spacial score (nSPS) is 20.1. The highest BCUT2D eigenvalue weighted by Crippen LogP contribution is 2.25. The van der Waals surface area contributed by atoms with Gasteiger partial charge in [-0.25, -0.2) is 0 Å². The van der Waals surface area contributed by atoms with Gasteiger partial charge in [0.1, 0.15) is 17.6 Å². The van der Waals surface area contributed by atoms with Gasteiger partial charge < -0.3 is 25.2 Å². The van der Waals surface area contributed by atoms with Crippen molar-refractivity contribution in [2.75, 3.05) is 20.3 Å². The van der Waals surface area contributed by atoms with E-state index in [0.717, 1.165) is 19.4 Å². The van der Waals surface area contributed by atoms with Crippen LogP contribution in [0.1, 0.15) is 18.4 Å². The van der Waals surface area contributed by atoms with E-state index < -0.39 is 0 Å². The molecule has 1 atom stereocenters. The lowest BCUT2D eigenvalue weighted by molar-refractivity contribution is 0.00735. The number of hydrogen-bond donors (Lipinski definition) is 2. The largest absolute Gasteiger partial charge is 0.497 e. The summed E-state index contributed by atoms with van der Waals surface area (Å²) in [6, 6.07) is 5.16. The predicted octanol–water partition coefficient (Wildman–Crippen LogP) is 1.35. The Hall–Kier alpha value is -1.95. The van der Waals surface area contributed by atoms with Gasteiger partial charge in [0.15, 0.2) is 5.84 Å². The van der Waals surface area contributed by atoms with Crippen LogP contribution in [0.25, 0.3) is 0 Å². The fourth-order valence-corrected chi connectivity index (χ4v) is 1.96. The van der Waals surface area contributed by atoms with Gasteiger partial charge in [-0.3, -0.25) is 0 Å². The molecule has 1 aliphatic rings. The van der Waals surface area contributed by atoms with Gasteiger partial charge in [0.2, 0.25) is 0 Å². The van der Waals surface area contributed by atoms with E-state index in [4.69, 9.17) is 25.2 Å². The fraction of sp³-hybridized carbons (Fsp3) is 0.462. The predicted molar refractivity (Wildman–Crippen MR) is 70.0 cm³/mol. The van der Waals surface area contributed by atoms with E-state index in [2.05, 4.69) is 5.16 Å². The van der Waals surface area contributed by atoms with Crippen molar-refractivity contribution in [2.24, 2.45) is 10.9 Å². The maximum atomic E-state index is 8.73. The average molecular weight is 266 g/mol. The van der Waals surface area contributed by atoms with Crippen LogP contribution in [-0.2, 0) is 4.74 Å². The summed E-state index contributed by atoms with van der Waals surface area (Å²) >= 11 is 0. The number of methoxy groups -OCH3 is 1. The van der Waals surface area contributed by atoms with Gasteiger partial charge >= 0.3 is 0 Å². The van der Waals surface area contributed by atoms with E-state index in [1.54, 1.807) is 25.3 Å². The van der Waals surface area contributed by atoms with E-state index in [0.29, 0.717) is 23.7 Å². The van der Waals surface area contributed by atoms with E-state index in [1.807, 2.05) is 0 Å². The molecule has 1 fully saturated rings. The van der Waals surface area contributed by atoms with E-state index >= 15 is 0 Å². The SMILES string of the molecule is COc1cc(OC2CCCOC2)cc(/C(N)=N/O)c1. The minimum atomic E-state index is 0.0173. The summed E-state index contributed by atoms with van der Waals surface area (Å²) in [7, 11) is 1.55. The first-order valence-electron chi connectivity index (χ1n) is 6.14. The van der Waals surface area contributed by atoms with Crippen LogP contribution in [0.3, 0.4) is 0 Å². The Morgan fingerprint density at radius 1 is 1.42 bits per heavy atom. The van der Waals surface area contributed by atoms with Crippen LogP contribution in [0.15, 0.2) is 23.4 Å². The zero-order chi connectivity index (χ0) is 13.7. The zero-order valence-electron chi connectivity index (χ0n) is 10.8. The van der Waals surface area contributed by atoms with Gasteiger partial charge in [0, 0.05) is 18.2 Å². The van der Waals surface area contributed by atoms with Gasteiger partial charge in [-0.2, -0.15) is 0 Å². The summed E-state index contributed by atoms with van der Waals surface area (Å²) in [5, 5.41) is 11.7. The molecular formula is C13H18N2O4. The minimum Gasteiger partial charge on any atom is -0.497 e. The lowest BCUT2D eigenvalue weighted by Crippen LogP contribution is -2.28.